The van der Waals surface area contributed by atoms with Crippen LogP contribution in [0.15, 0.2) is 66.9 Å². The van der Waals surface area contributed by atoms with Crippen molar-refractivity contribution >= 4 is 29.5 Å². The van der Waals surface area contributed by atoms with Crippen LogP contribution in [0.3, 0.4) is 0 Å². The summed E-state index contributed by atoms with van der Waals surface area (Å²) in [5.74, 6) is 0.419. The van der Waals surface area contributed by atoms with Crippen molar-refractivity contribution in [2.24, 2.45) is 0 Å². The van der Waals surface area contributed by atoms with E-state index in [-0.39, 0.29) is 5.91 Å². The van der Waals surface area contributed by atoms with Crippen LogP contribution in [-0.4, -0.2) is 32.8 Å². The van der Waals surface area contributed by atoms with Crippen LogP contribution in [0.4, 0.5) is 11.6 Å². The lowest BCUT2D eigenvalue weighted by atomic mass is 10.1. The lowest BCUT2D eigenvalue weighted by Crippen LogP contribution is -2.25. The van der Waals surface area contributed by atoms with Crippen molar-refractivity contribution in [2.75, 3.05) is 5.32 Å². The zero-order valence-corrected chi connectivity index (χ0v) is 16.1. The van der Waals surface area contributed by atoms with Crippen molar-refractivity contribution in [2.45, 2.75) is 18.9 Å². The predicted octanol–water partition coefficient (Wildman–Crippen LogP) is 3.84. The van der Waals surface area contributed by atoms with E-state index in [0.29, 0.717) is 28.8 Å². The quantitative estimate of drug-likeness (QED) is 0.483. The van der Waals surface area contributed by atoms with Crippen molar-refractivity contribution < 1.29 is 9.59 Å². The number of rotatable bonds is 6. The molecule has 2 aromatic carbocycles. The van der Waals surface area contributed by atoms with Crippen molar-refractivity contribution in [1.29, 1.82) is 0 Å². The van der Waals surface area contributed by atoms with E-state index in [9.17, 15) is 9.59 Å². The minimum atomic E-state index is -0.0415. The fourth-order valence-corrected chi connectivity index (χ4v) is 3.26. The van der Waals surface area contributed by atoms with Gasteiger partial charge in [0.1, 0.15) is 6.29 Å². The monoisotopic (exact) mass is 397 g/mol. The molecule has 148 valence electrons. The van der Waals surface area contributed by atoms with E-state index in [4.69, 9.17) is 0 Å². The Kier molecular flexibility index (Phi) is 4.48. The fourth-order valence-electron chi connectivity index (χ4n) is 3.26. The van der Waals surface area contributed by atoms with E-state index in [2.05, 4.69) is 20.7 Å². The lowest BCUT2D eigenvalue weighted by Gasteiger charge is -2.05. The Morgan fingerprint density at radius 1 is 1.03 bits per heavy atom. The average Bonchev–Trinajstić information content (AvgIpc) is 3.50. The number of nitrogens with zero attached hydrogens (tertiary/aromatic N) is 3. The summed E-state index contributed by atoms with van der Waals surface area (Å²) in [5.41, 5.74) is 4.64. The molecule has 1 amide bonds. The number of fused-ring (bicyclic) bond motifs is 1. The summed E-state index contributed by atoms with van der Waals surface area (Å²) >= 11 is 0. The molecule has 2 heterocycles. The van der Waals surface area contributed by atoms with Crippen LogP contribution in [-0.2, 0) is 0 Å². The number of amides is 1. The van der Waals surface area contributed by atoms with Gasteiger partial charge in [-0.2, -0.15) is 4.98 Å². The minimum absolute atomic E-state index is 0.0415. The Morgan fingerprint density at radius 2 is 1.80 bits per heavy atom. The van der Waals surface area contributed by atoms with Crippen LogP contribution in [0, 0.1) is 0 Å². The molecule has 1 fully saturated rings. The standard InChI is InChI=1S/C23H19N5O2/c29-14-15-3-5-16(6-4-15)20-2-1-13-28-21(20)26-23(27-28)25-19-9-7-17(8-10-19)22(30)24-18-11-12-18/h1-10,13-14,18H,11-12H2,(H,24,30)(H,25,27). The van der Waals surface area contributed by atoms with Gasteiger partial charge in [0.05, 0.1) is 0 Å². The second-order valence-corrected chi connectivity index (χ2v) is 7.32. The first-order valence-electron chi connectivity index (χ1n) is 9.78. The molecule has 1 aliphatic rings. The predicted molar refractivity (Wildman–Crippen MR) is 114 cm³/mol. The molecular weight excluding hydrogens is 378 g/mol. The van der Waals surface area contributed by atoms with Crippen molar-refractivity contribution in [3.63, 3.8) is 0 Å². The van der Waals surface area contributed by atoms with Gasteiger partial charge in [0.25, 0.3) is 5.91 Å². The van der Waals surface area contributed by atoms with Crippen LogP contribution in [0.25, 0.3) is 16.8 Å². The second kappa shape index (κ2) is 7.44. The summed E-state index contributed by atoms with van der Waals surface area (Å²) in [6, 6.07) is 18.8. The van der Waals surface area contributed by atoms with Crippen LogP contribution >= 0.6 is 0 Å². The van der Waals surface area contributed by atoms with Gasteiger partial charge >= 0.3 is 0 Å². The van der Waals surface area contributed by atoms with Crippen molar-refractivity contribution in [3.05, 3.63) is 78.0 Å². The van der Waals surface area contributed by atoms with E-state index in [0.717, 1.165) is 35.9 Å². The highest BCUT2D eigenvalue weighted by atomic mass is 16.1. The first-order chi connectivity index (χ1) is 14.7. The van der Waals surface area contributed by atoms with Crippen molar-refractivity contribution in [1.82, 2.24) is 19.9 Å². The first kappa shape index (κ1) is 18.1. The molecule has 2 N–H and O–H groups in total. The molecule has 5 rings (SSSR count). The molecule has 1 aliphatic carbocycles. The third-order valence-corrected chi connectivity index (χ3v) is 5.04. The zero-order chi connectivity index (χ0) is 20.5. The van der Waals surface area contributed by atoms with Gasteiger partial charge in [-0.05, 0) is 54.8 Å². The summed E-state index contributed by atoms with van der Waals surface area (Å²) in [7, 11) is 0. The third-order valence-electron chi connectivity index (χ3n) is 5.04. The molecule has 4 aromatic rings. The number of carbonyl (C=O) groups is 2. The number of hydrogen-bond acceptors (Lipinski definition) is 5. The maximum atomic E-state index is 12.1. The van der Waals surface area contributed by atoms with E-state index in [1.165, 1.54) is 0 Å². The second-order valence-electron chi connectivity index (χ2n) is 7.32. The summed E-state index contributed by atoms with van der Waals surface area (Å²) in [6.45, 7) is 0. The molecular formula is C23H19N5O2. The molecule has 7 nitrogen and oxygen atoms in total. The maximum Gasteiger partial charge on any atom is 0.251 e. The Balaban J connectivity index is 1.38. The van der Waals surface area contributed by atoms with Crippen LogP contribution in [0.1, 0.15) is 33.6 Å². The maximum absolute atomic E-state index is 12.1. The van der Waals surface area contributed by atoms with Crippen LogP contribution < -0.4 is 10.6 Å². The minimum Gasteiger partial charge on any atom is -0.349 e. The number of aldehydes is 1. The molecule has 0 radical (unpaired) electrons. The number of pyridine rings is 1. The van der Waals surface area contributed by atoms with E-state index in [1.807, 2.05) is 42.6 Å². The van der Waals surface area contributed by atoms with Gasteiger partial charge < -0.3 is 10.6 Å². The smallest absolute Gasteiger partial charge is 0.251 e. The third kappa shape index (κ3) is 3.65. The number of aromatic nitrogens is 3. The molecule has 7 heteroatoms. The highest BCUT2D eigenvalue weighted by Crippen LogP contribution is 2.25. The van der Waals surface area contributed by atoms with Crippen molar-refractivity contribution in [3.8, 4) is 11.1 Å². The summed E-state index contributed by atoms with van der Waals surface area (Å²) < 4.78 is 1.71. The summed E-state index contributed by atoms with van der Waals surface area (Å²) in [5, 5.41) is 10.7. The van der Waals surface area contributed by atoms with Crippen LogP contribution in [0.2, 0.25) is 0 Å². The fraction of sp³-hybridized carbons (Fsp3) is 0.130. The molecule has 30 heavy (non-hydrogen) atoms. The van der Waals surface area contributed by atoms with Gasteiger partial charge in [0.15, 0.2) is 5.65 Å². The number of benzene rings is 2. The highest BCUT2D eigenvalue weighted by molar-refractivity contribution is 5.95. The Labute approximate surface area is 172 Å². The van der Waals surface area contributed by atoms with Gasteiger partial charge in [-0.1, -0.05) is 24.3 Å². The summed E-state index contributed by atoms with van der Waals surface area (Å²) in [6.07, 6.45) is 4.79. The zero-order valence-electron chi connectivity index (χ0n) is 16.1. The SMILES string of the molecule is O=Cc1ccc(-c2cccn3nc(Nc4ccc(C(=O)NC5CC5)cc4)nc23)cc1. The first-order valence-corrected chi connectivity index (χ1v) is 9.78. The average molecular weight is 397 g/mol. The molecule has 0 aliphatic heterocycles. The molecule has 2 aromatic heterocycles. The number of anilines is 2. The normalized spacial score (nSPS) is 13.2. The molecule has 0 unspecified atom stereocenters. The number of carbonyl (C=O) groups excluding carboxylic acids is 2. The van der Waals surface area contributed by atoms with E-state index >= 15 is 0 Å². The molecule has 0 spiro atoms. The van der Waals surface area contributed by atoms with E-state index in [1.54, 1.807) is 28.8 Å². The topological polar surface area (TPSA) is 88.4 Å². The Hall–Kier alpha value is -4.00. The largest absolute Gasteiger partial charge is 0.349 e. The van der Waals surface area contributed by atoms with Gasteiger partial charge in [-0.3, -0.25) is 9.59 Å². The molecule has 0 saturated heterocycles. The number of hydrogen-bond donors (Lipinski definition) is 2. The van der Waals surface area contributed by atoms with Gasteiger partial charge in [0.2, 0.25) is 5.95 Å². The van der Waals surface area contributed by atoms with Crippen LogP contribution in [0.5, 0.6) is 0 Å². The van der Waals surface area contributed by atoms with Gasteiger partial charge in [-0.15, -0.1) is 5.10 Å². The molecule has 0 bridgehead atoms. The van der Waals surface area contributed by atoms with E-state index < -0.39 is 0 Å². The lowest BCUT2D eigenvalue weighted by molar-refractivity contribution is 0.0950. The number of nitrogens with one attached hydrogen (secondary N) is 2. The Morgan fingerprint density at radius 3 is 2.50 bits per heavy atom. The van der Waals surface area contributed by atoms with Gasteiger partial charge in [-0.25, -0.2) is 4.52 Å². The summed E-state index contributed by atoms with van der Waals surface area (Å²) in [4.78, 5) is 27.6. The highest BCUT2D eigenvalue weighted by Gasteiger charge is 2.23. The van der Waals surface area contributed by atoms with Gasteiger partial charge in [0, 0.05) is 34.6 Å². The molecule has 0 atom stereocenters. The molecule has 1 saturated carbocycles. The Bertz CT molecular complexity index is 1220.